The molecule has 3 N–H and O–H groups in total. The number of nitrogens with two attached hydrogens (primary N) is 1. The van der Waals surface area contributed by atoms with Crippen molar-refractivity contribution in [3.8, 4) is 0 Å². The van der Waals surface area contributed by atoms with Crippen molar-refractivity contribution in [1.29, 1.82) is 0 Å². The number of carbonyl (C=O) groups excluding carboxylic acids is 1. The summed E-state index contributed by atoms with van der Waals surface area (Å²) >= 11 is 0. The van der Waals surface area contributed by atoms with Gasteiger partial charge in [-0.2, -0.15) is 0 Å². The Hall–Kier alpha value is -1.93. The van der Waals surface area contributed by atoms with Gasteiger partial charge in [0.15, 0.2) is 0 Å². The summed E-state index contributed by atoms with van der Waals surface area (Å²) in [5, 5.41) is 10.9. The van der Waals surface area contributed by atoms with Crippen LogP contribution in [0.3, 0.4) is 0 Å². The van der Waals surface area contributed by atoms with Crippen molar-refractivity contribution in [1.82, 2.24) is 19.3 Å². The second kappa shape index (κ2) is 10.3. The maximum absolute atomic E-state index is 11.5. The number of fused-ring (bicyclic) bond motifs is 1. The average Bonchev–Trinajstić information content (AvgIpc) is 3.11. The van der Waals surface area contributed by atoms with Gasteiger partial charge < -0.3 is 20.3 Å². The number of para-hydroxylation sites is 1. The van der Waals surface area contributed by atoms with Crippen LogP contribution in [-0.2, 0) is 17.9 Å². The van der Waals surface area contributed by atoms with Gasteiger partial charge in [-0.25, -0.2) is 0 Å². The molecule has 0 bridgehead atoms. The molecule has 1 aromatic heterocycles. The number of hydrogen-bond donors (Lipinski definition) is 2. The van der Waals surface area contributed by atoms with Gasteiger partial charge in [0, 0.05) is 68.0 Å². The Bertz CT molecular complexity index is 903. The van der Waals surface area contributed by atoms with Crippen molar-refractivity contribution in [3.05, 3.63) is 36.0 Å². The van der Waals surface area contributed by atoms with E-state index in [4.69, 9.17) is 5.73 Å². The first-order valence-electron chi connectivity index (χ1n) is 12.1. The molecule has 0 spiro atoms. The van der Waals surface area contributed by atoms with Gasteiger partial charge in [-0.1, -0.05) is 18.2 Å². The number of nitrogens with zero attached hydrogens (tertiary/aromatic N) is 4. The first kappa shape index (κ1) is 23.2. The molecule has 176 valence electrons. The van der Waals surface area contributed by atoms with E-state index in [2.05, 4.69) is 52.9 Å². The Morgan fingerprint density at radius 3 is 2.59 bits per heavy atom. The molecular formula is C25H39N5O2. The summed E-state index contributed by atoms with van der Waals surface area (Å²) in [5.74, 6) is -0.322. The summed E-state index contributed by atoms with van der Waals surface area (Å²) in [5.41, 5.74) is 7.77. The van der Waals surface area contributed by atoms with E-state index in [1.807, 2.05) is 10.6 Å². The molecule has 0 radical (unpaired) electrons. The number of benzene rings is 1. The number of aliphatic hydroxyl groups excluding tert-OH is 1. The summed E-state index contributed by atoms with van der Waals surface area (Å²) in [6.45, 7) is 11.3. The minimum atomic E-state index is -0.322. The first-order valence-corrected chi connectivity index (χ1v) is 12.1. The van der Waals surface area contributed by atoms with Crippen LogP contribution in [0.25, 0.3) is 10.9 Å². The Kier molecular flexibility index (Phi) is 7.51. The highest BCUT2D eigenvalue weighted by Crippen LogP contribution is 2.27. The van der Waals surface area contributed by atoms with Crippen LogP contribution in [0.4, 0.5) is 0 Å². The second-order valence-electron chi connectivity index (χ2n) is 9.77. The SMILES string of the molecule is CC(C)N1CCC(N2CCN(Cc3cn(CC(N)=O)c4ccccc34)CC2CCO)CC1. The lowest BCUT2D eigenvalue weighted by Crippen LogP contribution is -2.58. The quantitative estimate of drug-likeness (QED) is 0.654. The molecule has 0 aliphatic carbocycles. The fourth-order valence-corrected chi connectivity index (χ4v) is 5.69. The zero-order valence-corrected chi connectivity index (χ0v) is 19.6. The van der Waals surface area contributed by atoms with Crippen LogP contribution in [-0.4, -0.2) is 87.7 Å². The third kappa shape index (κ3) is 5.17. The Morgan fingerprint density at radius 2 is 1.91 bits per heavy atom. The number of rotatable bonds is 8. The van der Waals surface area contributed by atoms with E-state index in [1.54, 1.807) is 0 Å². The molecule has 1 unspecified atom stereocenters. The van der Waals surface area contributed by atoms with E-state index in [9.17, 15) is 9.90 Å². The topological polar surface area (TPSA) is 78.0 Å². The van der Waals surface area contributed by atoms with Crippen molar-refractivity contribution in [2.24, 2.45) is 5.73 Å². The van der Waals surface area contributed by atoms with E-state index in [1.165, 1.54) is 36.9 Å². The lowest BCUT2D eigenvalue weighted by atomic mass is 9.97. The number of hydrogen-bond acceptors (Lipinski definition) is 5. The Balaban J connectivity index is 1.44. The lowest BCUT2D eigenvalue weighted by molar-refractivity contribution is -0.118. The van der Waals surface area contributed by atoms with Crippen molar-refractivity contribution >= 4 is 16.8 Å². The van der Waals surface area contributed by atoms with Gasteiger partial charge in [0.25, 0.3) is 0 Å². The number of likely N-dealkylation sites (tertiary alicyclic amines) is 1. The van der Waals surface area contributed by atoms with E-state index < -0.39 is 0 Å². The summed E-state index contributed by atoms with van der Waals surface area (Å²) in [6, 6.07) is 9.88. The molecule has 7 nitrogen and oxygen atoms in total. The van der Waals surface area contributed by atoms with Gasteiger partial charge >= 0.3 is 0 Å². The van der Waals surface area contributed by atoms with Crippen LogP contribution in [0.1, 0.15) is 38.7 Å². The number of primary amides is 1. The van der Waals surface area contributed by atoms with Crippen LogP contribution >= 0.6 is 0 Å². The summed E-state index contributed by atoms with van der Waals surface area (Å²) in [7, 11) is 0. The molecule has 32 heavy (non-hydrogen) atoms. The average molecular weight is 442 g/mol. The molecule has 2 fully saturated rings. The number of aromatic nitrogens is 1. The second-order valence-corrected chi connectivity index (χ2v) is 9.77. The van der Waals surface area contributed by atoms with Gasteiger partial charge in [0.05, 0.1) is 0 Å². The van der Waals surface area contributed by atoms with E-state index >= 15 is 0 Å². The molecule has 2 aliphatic heterocycles. The summed E-state index contributed by atoms with van der Waals surface area (Å²) in [4.78, 5) is 19.3. The smallest absolute Gasteiger partial charge is 0.237 e. The standard InChI is InChI=1S/C25H39N5O2/c1-19(2)28-10-7-21(8-11-28)30-13-12-27(17-22(30)9-14-31)15-20-16-29(18-25(26)32)24-6-4-3-5-23(20)24/h3-6,16,19,21-22,31H,7-15,17-18H2,1-2H3,(H2,26,32). The molecule has 2 saturated heterocycles. The minimum Gasteiger partial charge on any atom is -0.396 e. The first-order chi connectivity index (χ1) is 15.5. The Morgan fingerprint density at radius 1 is 1.16 bits per heavy atom. The zero-order valence-electron chi connectivity index (χ0n) is 19.6. The fourth-order valence-electron chi connectivity index (χ4n) is 5.69. The number of amides is 1. The minimum absolute atomic E-state index is 0.205. The molecule has 3 heterocycles. The van der Waals surface area contributed by atoms with Crippen LogP contribution in [0.5, 0.6) is 0 Å². The third-order valence-electron chi connectivity index (χ3n) is 7.36. The van der Waals surface area contributed by atoms with Crippen LogP contribution in [0.2, 0.25) is 0 Å². The van der Waals surface area contributed by atoms with Crippen molar-refractivity contribution in [2.45, 2.75) is 64.3 Å². The highest BCUT2D eigenvalue weighted by molar-refractivity contribution is 5.85. The van der Waals surface area contributed by atoms with Gasteiger partial charge in [0.1, 0.15) is 6.54 Å². The molecule has 2 aromatic rings. The zero-order chi connectivity index (χ0) is 22.7. The molecule has 1 aromatic carbocycles. The van der Waals surface area contributed by atoms with Crippen molar-refractivity contribution in [3.63, 3.8) is 0 Å². The highest BCUT2D eigenvalue weighted by atomic mass is 16.3. The summed E-state index contributed by atoms with van der Waals surface area (Å²) in [6.07, 6.45) is 5.36. The maximum atomic E-state index is 11.5. The van der Waals surface area contributed by atoms with Crippen LogP contribution in [0, 0.1) is 0 Å². The van der Waals surface area contributed by atoms with Crippen LogP contribution in [0.15, 0.2) is 30.5 Å². The van der Waals surface area contributed by atoms with E-state index in [0.29, 0.717) is 18.1 Å². The molecule has 1 atom stereocenters. The predicted octanol–water partition coefficient (Wildman–Crippen LogP) is 1.87. The molecule has 1 amide bonds. The molecule has 2 aliphatic rings. The van der Waals surface area contributed by atoms with Gasteiger partial charge in [-0.15, -0.1) is 0 Å². The number of carbonyl (C=O) groups is 1. The monoisotopic (exact) mass is 441 g/mol. The lowest BCUT2D eigenvalue weighted by Gasteiger charge is -2.48. The maximum Gasteiger partial charge on any atom is 0.237 e. The molecule has 7 heteroatoms. The third-order valence-corrected chi connectivity index (χ3v) is 7.36. The van der Waals surface area contributed by atoms with E-state index in [0.717, 1.165) is 38.1 Å². The predicted molar refractivity (Wildman–Crippen MR) is 128 cm³/mol. The number of piperidine rings is 1. The molecule has 4 rings (SSSR count). The largest absolute Gasteiger partial charge is 0.396 e. The van der Waals surface area contributed by atoms with Crippen molar-refractivity contribution < 1.29 is 9.90 Å². The fraction of sp³-hybridized carbons (Fsp3) is 0.640. The molecule has 0 saturated carbocycles. The van der Waals surface area contributed by atoms with Gasteiger partial charge in [-0.05, 0) is 57.8 Å². The number of aliphatic hydroxyl groups is 1. The normalized spacial score (nSPS) is 22.2. The van der Waals surface area contributed by atoms with Gasteiger partial charge in [-0.3, -0.25) is 14.6 Å². The van der Waals surface area contributed by atoms with Gasteiger partial charge in [0.2, 0.25) is 5.91 Å². The Labute approximate surface area is 191 Å². The van der Waals surface area contributed by atoms with Crippen LogP contribution < -0.4 is 5.73 Å². The number of piperazine rings is 1. The van der Waals surface area contributed by atoms with E-state index in [-0.39, 0.29) is 19.1 Å². The molecular weight excluding hydrogens is 402 g/mol. The van der Waals surface area contributed by atoms with Crippen molar-refractivity contribution in [2.75, 3.05) is 39.3 Å². The highest BCUT2D eigenvalue weighted by Gasteiger charge is 2.34. The summed E-state index contributed by atoms with van der Waals surface area (Å²) < 4.78 is 1.97.